The van der Waals surface area contributed by atoms with E-state index in [4.69, 9.17) is 27.3 Å². The van der Waals surface area contributed by atoms with Gasteiger partial charge in [0.2, 0.25) is 0 Å². The van der Waals surface area contributed by atoms with Gasteiger partial charge in [-0.1, -0.05) is 23.7 Å². The summed E-state index contributed by atoms with van der Waals surface area (Å²) >= 11 is 5.91. The molecule has 5 heteroatoms. The lowest BCUT2D eigenvalue weighted by atomic mass is 10.1. The summed E-state index contributed by atoms with van der Waals surface area (Å²) in [7, 11) is 0. The third-order valence-corrected chi connectivity index (χ3v) is 2.80. The fourth-order valence-corrected chi connectivity index (χ4v) is 1.38. The highest BCUT2D eigenvalue weighted by Gasteiger charge is 2.20. The van der Waals surface area contributed by atoms with E-state index < -0.39 is 0 Å². The Bertz CT molecular complexity index is 431. The van der Waals surface area contributed by atoms with Crippen LogP contribution < -0.4 is 10.5 Å². The highest BCUT2D eigenvalue weighted by molar-refractivity contribution is 6.30. The third-order valence-electron chi connectivity index (χ3n) is 2.57. The Balaban J connectivity index is 3.16. The van der Waals surface area contributed by atoms with Crippen LogP contribution in [0.2, 0.25) is 5.02 Å². The zero-order chi connectivity index (χ0) is 13.1. The van der Waals surface area contributed by atoms with Gasteiger partial charge in [0.25, 0.3) is 0 Å². The van der Waals surface area contributed by atoms with Crippen LogP contribution in [0.4, 0.5) is 0 Å². The standard InChI is InChI=1S/C12H17ClN2O2/c1-4-12(2,3)17-10-7-8(13)5-6-9(10)11(14)15-16/h5-7,16H,4H2,1-3H3,(H2,14,15). The van der Waals surface area contributed by atoms with Crippen LogP contribution in [0.3, 0.4) is 0 Å². The van der Waals surface area contributed by atoms with Crippen LogP contribution in [0, 0.1) is 0 Å². The second-order valence-corrected chi connectivity index (χ2v) is 4.78. The van der Waals surface area contributed by atoms with Crippen LogP contribution >= 0.6 is 11.6 Å². The minimum atomic E-state index is -0.338. The third kappa shape index (κ3) is 3.53. The van der Waals surface area contributed by atoms with E-state index in [9.17, 15) is 0 Å². The molecule has 0 bridgehead atoms. The molecular formula is C12H17ClN2O2. The number of oxime groups is 1. The van der Waals surface area contributed by atoms with Gasteiger partial charge in [-0.25, -0.2) is 0 Å². The molecule has 0 saturated heterocycles. The molecule has 1 aromatic rings. The van der Waals surface area contributed by atoms with Crippen molar-refractivity contribution in [1.29, 1.82) is 0 Å². The Morgan fingerprint density at radius 3 is 2.71 bits per heavy atom. The first kappa shape index (κ1) is 13.6. The zero-order valence-electron chi connectivity index (χ0n) is 10.2. The van der Waals surface area contributed by atoms with Crippen LogP contribution in [-0.2, 0) is 0 Å². The quantitative estimate of drug-likeness (QED) is 0.377. The van der Waals surface area contributed by atoms with E-state index in [-0.39, 0.29) is 11.4 Å². The first-order valence-electron chi connectivity index (χ1n) is 5.36. The van der Waals surface area contributed by atoms with Gasteiger partial charge in [-0.2, -0.15) is 0 Å². The molecule has 0 aliphatic rings. The monoisotopic (exact) mass is 256 g/mol. The lowest BCUT2D eigenvalue weighted by Crippen LogP contribution is -2.28. The summed E-state index contributed by atoms with van der Waals surface area (Å²) in [6, 6.07) is 4.99. The summed E-state index contributed by atoms with van der Waals surface area (Å²) < 4.78 is 5.83. The fraction of sp³-hybridized carbons (Fsp3) is 0.417. The summed E-state index contributed by atoms with van der Waals surface area (Å²) in [5, 5.41) is 12.2. The molecule has 0 unspecified atom stereocenters. The number of benzene rings is 1. The van der Waals surface area contributed by atoms with Gasteiger partial charge < -0.3 is 15.7 Å². The van der Waals surface area contributed by atoms with Gasteiger partial charge in [-0.05, 0) is 38.5 Å². The average molecular weight is 257 g/mol. The summed E-state index contributed by atoms with van der Waals surface area (Å²) in [5.74, 6) is 0.517. The van der Waals surface area contributed by atoms with Crippen molar-refractivity contribution >= 4 is 17.4 Å². The first-order chi connectivity index (χ1) is 7.89. The molecule has 0 saturated carbocycles. The van der Waals surface area contributed by atoms with Crippen molar-refractivity contribution in [1.82, 2.24) is 0 Å². The largest absolute Gasteiger partial charge is 0.487 e. The lowest BCUT2D eigenvalue weighted by Gasteiger charge is -2.26. The van der Waals surface area contributed by atoms with E-state index >= 15 is 0 Å². The topological polar surface area (TPSA) is 67.8 Å². The molecule has 4 nitrogen and oxygen atoms in total. The zero-order valence-corrected chi connectivity index (χ0v) is 11.0. The predicted octanol–water partition coefficient (Wildman–Crippen LogP) is 3.00. The molecule has 0 radical (unpaired) electrons. The molecule has 0 spiro atoms. The average Bonchev–Trinajstić information content (AvgIpc) is 2.28. The van der Waals surface area contributed by atoms with Gasteiger partial charge in [0.05, 0.1) is 5.56 Å². The molecule has 0 aromatic heterocycles. The van der Waals surface area contributed by atoms with Gasteiger partial charge in [0.15, 0.2) is 5.84 Å². The highest BCUT2D eigenvalue weighted by atomic mass is 35.5. The van der Waals surface area contributed by atoms with Gasteiger partial charge in [-0.3, -0.25) is 0 Å². The molecule has 0 amide bonds. The lowest BCUT2D eigenvalue weighted by molar-refractivity contribution is 0.105. The number of hydrogen-bond acceptors (Lipinski definition) is 3. The van der Waals surface area contributed by atoms with Crippen molar-refractivity contribution in [2.24, 2.45) is 10.9 Å². The predicted molar refractivity (Wildman–Crippen MR) is 69.0 cm³/mol. The Morgan fingerprint density at radius 2 is 2.18 bits per heavy atom. The Labute approximate surface area is 106 Å². The maximum atomic E-state index is 8.71. The Hall–Kier alpha value is -1.42. The maximum absolute atomic E-state index is 8.71. The summed E-state index contributed by atoms with van der Waals surface area (Å²) in [5.41, 5.74) is 5.77. The highest BCUT2D eigenvalue weighted by Crippen LogP contribution is 2.28. The summed E-state index contributed by atoms with van der Waals surface area (Å²) in [6.07, 6.45) is 0.828. The smallest absolute Gasteiger partial charge is 0.173 e. The van der Waals surface area contributed by atoms with Gasteiger partial charge >= 0.3 is 0 Å². The van der Waals surface area contributed by atoms with Gasteiger partial charge in [0, 0.05) is 5.02 Å². The maximum Gasteiger partial charge on any atom is 0.173 e. The number of nitrogens with zero attached hydrogens (tertiary/aromatic N) is 1. The molecule has 0 aliphatic carbocycles. The molecule has 3 N–H and O–H groups in total. The number of rotatable bonds is 4. The van der Waals surface area contributed by atoms with E-state index in [1.165, 1.54) is 0 Å². The van der Waals surface area contributed by atoms with Gasteiger partial charge in [-0.15, -0.1) is 0 Å². The Morgan fingerprint density at radius 1 is 1.53 bits per heavy atom. The number of nitrogens with two attached hydrogens (primary N) is 1. The van der Waals surface area contributed by atoms with Crippen molar-refractivity contribution in [2.45, 2.75) is 32.8 Å². The number of ether oxygens (including phenoxy) is 1. The molecule has 1 rings (SSSR count). The van der Waals surface area contributed by atoms with E-state index in [1.54, 1.807) is 18.2 Å². The summed E-state index contributed by atoms with van der Waals surface area (Å²) in [4.78, 5) is 0. The number of halogens is 1. The van der Waals surface area contributed by atoms with Crippen molar-refractivity contribution in [3.8, 4) is 5.75 Å². The second-order valence-electron chi connectivity index (χ2n) is 4.34. The molecule has 1 aromatic carbocycles. The molecule has 94 valence electrons. The Kier molecular flexibility index (Phi) is 4.23. The molecule has 0 fully saturated rings. The first-order valence-corrected chi connectivity index (χ1v) is 5.74. The van der Waals surface area contributed by atoms with Crippen molar-refractivity contribution < 1.29 is 9.94 Å². The minimum absolute atomic E-state index is 0.00331. The van der Waals surface area contributed by atoms with Crippen molar-refractivity contribution in [3.63, 3.8) is 0 Å². The molecule has 0 aliphatic heterocycles. The second kappa shape index (κ2) is 5.27. The van der Waals surface area contributed by atoms with E-state index in [1.807, 2.05) is 20.8 Å². The van der Waals surface area contributed by atoms with Crippen LogP contribution in [0.5, 0.6) is 5.75 Å². The summed E-state index contributed by atoms with van der Waals surface area (Å²) in [6.45, 7) is 5.95. The SMILES string of the molecule is CCC(C)(C)Oc1cc(Cl)ccc1C(N)=NO. The van der Waals surface area contributed by atoms with Crippen molar-refractivity contribution in [2.75, 3.05) is 0 Å². The molecule has 0 heterocycles. The van der Waals surface area contributed by atoms with Crippen molar-refractivity contribution in [3.05, 3.63) is 28.8 Å². The molecular weight excluding hydrogens is 240 g/mol. The molecule has 0 atom stereocenters. The fourth-order valence-electron chi connectivity index (χ4n) is 1.22. The van der Waals surface area contributed by atoms with E-state index in [2.05, 4.69) is 5.16 Å². The van der Waals surface area contributed by atoms with Crippen LogP contribution in [0.15, 0.2) is 23.4 Å². The van der Waals surface area contributed by atoms with Crippen LogP contribution in [0.1, 0.15) is 32.8 Å². The van der Waals surface area contributed by atoms with E-state index in [0.717, 1.165) is 6.42 Å². The normalized spacial score (nSPS) is 12.6. The minimum Gasteiger partial charge on any atom is -0.487 e. The van der Waals surface area contributed by atoms with Crippen LogP contribution in [0.25, 0.3) is 0 Å². The van der Waals surface area contributed by atoms with Gasteiger partial charge in [0.1, 0.15) is 11.4 Å². The van der Waals surface area contributed by atoms with Crippen LogP contribution in [-0.4, -0.2) is 16.6 Å². The number of hydrogen-bond donors (Lipinski definition) is 2. The number of amidine groups is 1. The van der Waals surface area contributed by atoms with E-state index in [0.29, 0.717) is 16.3 Å². The molecule has 17 heavy (non-hydrogen) atoms.